The highest BCUT2D eigenvalue weighted by molar-refractivity contribution is 5.79. The van der Waals surface area contributed by atoms with E-state index in [1.165, 1.54) is 29.3 Å². The van der Waals surface area contributed by atoms with Crippen LogP contribution in [0.25, 0.3) is 10.9 Å². The van der Waals surface area contributed by atoms with E-state index < -0.39 is 0 Å². The van der Waals surface area contributed by atoms with Gasteiger partial charge in [0, 0.05) is 24.9 Å². The van der Waals surface area contributed by atoms with Crippen molar-refractivity contribution in [2.45, 2.75) is 32.7 Å². The van der Waals surface area contributed by atoms with Crippen LogP contribution >= 0.6 is 0 Å². The molecule has 3 nitrogen and oxygen atoms in total. The predicted octanol–water partition coefficient (Wildman–Crippen LogP) is 3.06. The molecule has 1 heterocycles. The van der Waals surface area contributed by atoms with E-state index in [0.717, 1.165) is 19.5 Å². The number of hydrogen-bond acceptors (Lipinski definition) is 2. The Bertz CT molecular complexity index is 486. The lowest BCUT2D eigenvalue weighted by molar-refractivity contribution is 0.248. The second kappa shape index (κ2) is 7.31. The van der Waals surface area contributed by atoms with Gasteiger partial charge in [-0.05, 0) is 48.4 Å². The standard InChI is InChI=1S/C16H24N2O/c1-2-3-13(7-9-19)11-17-12-14-4-5-15-6-8-18-16(15)10-14/h4-6,8,10,13,17-19H,2-3,7,9,11-12H2,1H3. The summed E-state index contributed by atoms with van der Waals surface area (Å²) >= 11 is 0. The molecule has 0 spiro atoms. The van der Waals surface area contributed by atoms with E-state index in [9.17, 15) is 0 Å². The minimum Gasteiger partial charge on any atom is -0.396 e. The summed E-state index contributed by atoms with van der Waals surface area (Å²) in [5.41, 5.74) is 2.49. The average molecular weight is 260 g/mol. The molecule has 19 heavy (non-hydrogen) atoms. The number of aromatic nitrogens is 1. The molecule has 1 aromatic carbocycles. The average Bonchev–Trinajstić information content (AvgIpc) is 2.86. The van der Waals surface area contributed by atoms with Crippen LogP contribution in [0.1, 0.15) is 31.7 Å². The molecular weight excluding hydrogens is 236 g/mol. The summed E-state index contributed by atoms with van der Waals surface area (Å²) in [6.07, 6.45) is 5.24. The maximum atomic E-state index is 9.04. The first-order valence-corrected chi connectivity index (χ1v) is 7.21. The zero-order chi connectivity index (χ0) is 13.5. The normalized spacial score (nSPS) is 12.9. The van der Waals surface area contributed by atoms with Crippen molar-refractivity contribution in [1.82, 2.24) is 10.3 Å². The summed E-state index contributed by atoms with van der Waals surface area (Å²) in [4.78, 5) is 3.24. The van der Waals surface area contributed by atoms with Crippen LogP contribution in [0, 0.1) is 5.92 Å². The van der Waals surface area contributed by atoms with Gasteiger partial charge in [-0.3, -0.25) is 0 Å². The highest BCUT2D eigenvalue weighted by atomic mass is 16.3. The summed E-state index contributed by atoms with van der Waals surface area (Å²) in [6.45, 7) is 4.36. The van der Waals surface area contributed by atoms with E-state index >= 15 is 0 Å². The van der Waals surface area contributed by atoms with Gasteiger partial charge in [0.05, 0.1) is 0 Å². The first kappa shape index (κ1) is 14.1. The Morgan fingerprint density at radius 1 is 1.26 bits per heavy atom. The molecule has 0 radical (unpaired) electrons. The maximum absolute atomic E-state index is 9.04. The van der Waals surface area contributed by atoms with Crippen LogP contribution in [0.2, 0.25) is 0 Å². The van der Waals surface area contributed by atoms with Crippen LogP contribution < -0.4 is 5.32 Å². The van der Waals surface area contributed by atoms with E-state index in [4.69, 9.17) is 5.11 Å². The summed E-state index contributed by atoms with van der Waals surface area (Å²) < 4.78 is 0. The molecule has 0 saturated heterocycles. The molecule has 3 heteroatoms. The molecule has 0 aliphatic carbocycles. The SMILES string of the molecule is CCCC(CCO)CNCc1ccc2cc[nH]c2c1. The van der Waals surface area contributed by atoms with Crippen molar-refractivity contribution in [3.8, 4) is 0 Å². The lowest BCUT2D eigenvalue weighted by Crippen LogP contribution is -2.23. The van der Waals surface area contributed by atoms with Gasteiger partial charge in [0.2, 0.25) is 0 Å². The third kappa shape index (κ3) is 4.08. The van der Waals surface area contributed by atoms with Gasteiger partial charge in [-0.2, -0.15) is 0 Å². The Morgan fingerprint density at radius 3 is 2.95 bits per heavy atom. The number of aliphatic hydroxyl groups is 1. The topological polar surface area (TPSA) is 48.0 Å². The molecule has 1 unspecified atom stereocenters. The van der Waals surface area contributed by atoms with Gasteiger partial charge < -0.3 is 15.4 Å². The fourth-order valence-electron chi connectivity index (χ4n) is 2.56. The summed E-state index contributed by atoms with van der Waals surface area (Å²) in [5.74, 6) is 0.587. The maximum Gasteiger partial charge on any atom is 0.0457 e. The van der Waals surface area contributed by atoms with Crippen molar-refractivity contribution < 1.29 is 5.11 Å². The van der Waals surface area contributed by atoms with Crippen LogP contribution in [0.15, 0.2) is 30.5 Å². The fourth-order valence-corrected chi connectivity index (χ4v) is 2.56. The predicted molar refractivity (Wildman–Crippen MR) is 80.1 cm³/mol. The van der Waals surface area contributed by atoms with Crippen molar-refractivity contribution in [2.75, 3.05) is 13.2 Å². The number of H-pyrrole nitrogens is 1. The molecule has 104 valence electrons. The van der Waals surface area contributed by atoms with Crippen molar-refractivity contribution in [3.05, 3.63) is 36.0 Å². The van der Waals surface area contributed by atoms with Gasteiger partial charge in [0.1, 0.15) is 0 Å². The first-order chi connectivity index (χ1) is 9.33. The number of hydrogen-bond donors (Lipinski definition) is 3. The molecular formula is C16H24N2O. The molecule has 0 amide bonds. The summed E-state index contributed by atoms with van der Waals surface area (Å²) in [7, 11) is 0. The fraction of sp³-hybridized carbons (Fsp3) is 0.500. The van der Waals surface area contributed by atoms with Crippen molar-refractivity contribution in [1.29, 1.82) is 0 Å². The largest absolute Gasteiger partial charge is 0.396 e. The minimum absolute atomic E-state index is 0.292. The zero-order valence-corrected chi connectivity index (χ0v) is 11.7. The Labute approximate surface area is 115 Å². The van der Waals surface area contributed by atoms with E-state index in [0.29, 0.717) is 12.5 Å². The zero-order valence-electron chi connectivity index (χ0n) is 11.7. The summed E-state index contributed by atoms with van der Waals surface area (Å²) in [5, 5.41) is 13.8. The lowest BCUT2D eigenvalue weighted by atomic mass is 10.00. The number of rotatable bonds is 8. The van der Waals surface area contributed by atoms with E-state index in [2.05, 4.69) is 41.5 Å². The molecule has 2 rings (SSSR count). The summed E-state index contributed by atoms with van der Waals surface area (Å²) in [6, 6.07) is 8.61. The second-order valence-corrected chi connectivity index (χ2v) is 5.20. The van der Waals surface area contributed by atoms with Gasteiger partial charge in [0.25, 0.3) is 0 Å². The molecule has 0 aliphatic rings. The number of benzene rings is 1. The molecule has 0 fully saturated rings. The minimum atomic E-state index is 0.292. The molecule has 1 atom stereocenters. The molecule has 3 N–H and O–H groups in total. The number of fused-ring (bicyclic) bond motifs is 1. The number of aliphatic hydroxyl groups excluding tert-OH is 1. The molecule has 1 aromatic heterocycles. The Balaban J connectivity index is 1.83. The van der Waals surface area contributed by atoms with Crippen LogP contribution in [-0.4, -0.2) is 23.2 Å². The van der Waals surface area contributed by atoms with E-state index in [1.54, 1.807) is 0 Å². The molecule has 0 bridgehead atoms. The van der Waals surface area contributed by atoms with Crippen molar-refractivity contribution in [2.24, 2.45) is 5.92 Å². The van der Waals surface area contributed by atoms with Crippen molar-refractivity contribution in [3.63, 3.8) is 0 Å². The number of nitrogens with one attached hydrogen (secondary N) is 2. The van der Waals surface area contributed by atoms with Crippen LogP contribution in [-0.2, 0) is 6.54 Å². The van der Waals surface area contributed by atoms with E-state index in [-0.39, 0.29) is 0 Å². The Morgan fingerprint density at radius 2 is 2.16 bits per heavy atom. The van der Waals surface area contributed by atoms with Gasteiger partial charge in [0.15, 0.2) is 0 Å². The van der Waals surface area contributed by atoms with Crippen LogP contribution in [0.3, 0.4) is 0 Å². The Hall–Kier alpha value is -1.32. The third-order valence-corrected chi connectivity index (χ3v) is 3.62. The first-order valence-electron chi connectivity index (χ1n) is 7.21. The molecule has 0 saturated carbocycles. The molecule has 0 aliphatic heterocycles. The van der Waals surface area contributed by atoms with Gasteiger partial charge in [-0.1, -0.05) is 25.5 Å². The lowest BCUT2D eigenvalue weighted by Gasteiger charge is -2.15. The Kier molecular flexibility index (Phi) is 5.43. The van der Waals surface area contributed by atoms with E-state index in [1.807, 2.05) is 6.20 Å². The quantitative estimate of drug-likeness (QED) is 0.683. The van der Waals surface area contributed by atoms with Crippen LogP contribution in [0.4, 0.5) is 0 Å². The van der Waals surface area contributed by atoms with Crippen molar-refractivity contribution >= 4 is 10.9 Å². The third-order valence-electron chi connectivity index (χ3n) is 3.62. The molecule has 2 aromatic rings. The van der Waals surface area contributed by atoms with Gasteiger partial charge >= 0.3 is 0 Å². The van der Waals surface area contributed by atoms with Crippen LogP contribution in [0.5, 0.6) is 0 Å². The monoisotopic (exact) mass is 260 g/mol. The smallest absolute Gasteiger partial charge is 0.0457 e. The second-order valence-electron chi connectivity index (χ2n) is 5.20. The van der Waals surface area contributed by atoms with Gasteiger partial charge in [-0.25, -0.2) is 0 Å². The van der Waals surface area contributed by atoms with Gasteiger partial charge in [-0.15, -0.1) is 0 Å². The highest BCUT2D eigenvalue weighted by Gasteiger charge is 2.06. The highest BCUT2D eigenvalue weighted by Crippen LogP contribution is 2.14. The number of aromatic amines is 1.